The van der Waals surface area contributed by atoms with E-state index in [-0.39, 0.29) is 0 Å². The summed E-state index contributed by atoms with van der Waals surface area (Å²) in [5.41, 5.74) is 1.39. The Morgan fingerprint density at radius 2 is 1.79 bits per heavy atom. The summed E-state index contributed by atoms with van der Waals surface area (Å²) >= 11 is 0. The molecule has 1 rings (SSSR count). The molecule has 0 aliphatic heterocycles. The molecule has 0 aliphatic carbocycles. The smallest absolute Gasteiger partial charge is 0.0537 e. The first-order valence-corrected chi connectivity index (χ1v) is 5.38. The van der Waals surface area contributed by atoms with E-state index in [9.17, 15) is 0 Å². The molecule has 1 nitrogen and oxygen atoms in total. The van der Waals surface area contributed by atoms with Gasteiger partial charge in [-0.15, -0.1) is 0 Å². The van der Waals surface area contributed by atoms with Gasteiger partial charge in [0.15, 0.2) is 0 Å². The van der Waals surface area contributed by atoms with Gasteiger partial charge in [0.2, 0.25) is 0 Å². The number of hydrogen-bond acceptors (Lipinski definition) is 1. The zero-order chi connectivity index (χ0) is 10.4. The molecule has 14 heavy (non-hydrogen) atoms. The first-order valence-electron chi connectivity index (χ1n) is 5.38. The molecule has 0 heterocycles. The summed E-state index contributed by atoms with van der Waals surface area (Å²) in [5, 5.41) is 0. The molecule has 0 aromatic heterocycles. The molecule has 0 radical (unpaired) electrons. The minimum Gasteiger partial charge on any atom is -0.381 e. The standard InChI is InChI=1S/C13H20O/c1-4-14-10-13(11(2)3)12-8-6-5-7-9-12/h5-9,11,13H,4,10H2,1-3H3/t13-/m0/s1. The van der Waals surface area contributed by atoms with Crippen LogP contribution in [-0.4, -0.2) is 13.2 Å². The van der Waals surface area contributed by atoms with E-state index in [0.717, 1.165) is 13.2 Å². The molecular weight excluding hydrogens is 172 g/mol. The molecule has 0 amide bonds. The van der Waals surface area contributed by atoms with Crippen molar-refractivity contribution in [1.29, 1.82) is 0 Å². The van der Waals surface area contributed by atoms with Gasteiger partial charge >= 0.3 is 0 Å². The monoisotopic (exact) mass is 192 g/mol. The topological polar surface area (TPSA) is 9.23 Å². The van der Waals surface area contributed by atoms with E-state index in [1.807, 2.05) is 6.92 Å². The van der Waals surface area contributed by atoms with Crippen LogP contribution in [0.5, 0.6) is 0 Å². The van der Waals surface area contributed by atoms with Gasteiger partial charge in [-0.25, -0.2) is 0 Å². The van der Waals surface area contributed by atoms with Crippen LogP contribution >= 0.6 is 0 Å². The van der Waals surface area contributed by atoms with Crippen LogP contribution in [0.3, 0.4) is 0 Å². The van der Waals surface area contributed by atoms with Crippen LogP contribution < -0.4 is 0 Å². The predicted molar refractivity (Wildman–Crippen MR) is 60.5 cm³/mol. The summed E-state index contributed by atoms with van der Waals surface area (Å²) in [6, 6.07) is 10.6. The molecule has 0 saturated carbocycles. The van der Waals surface area contributed by atoms with Crippen molar-refractivity contribution in [1.82, 2.24) is 0 Å². The molecule has 1 heteroatoms. The highest BCUT2D eigenvalue weighted by molar-refractivity contribution is 5.20. The van der Waals surface area contributed by atoms with E-state index in [4.69, 9.17) is 4.74 Å². The molecular formula is C13H20O. The minimum absolute atomic E-state index is 0.524. The molecule has 0 unspecified atom stereocenters. The maximum Gasteiger partial charge on any atom is 0.0537 e. The summed E-state index contributed by atoms with van der Waals surface area (Å²) in [6.07, 6.45) is 0. The van der Waals surface area contributed by atoms with Crippen molar-refractivity contribution in [3.8, 4) is 0 Å². The number of hydrogen-bond donors (Lipinski definition) is 0. The Kier molecular flexibility index (Phi) is 4.68. The summed E-state index contributed by atoms with van der Waals surface area (Å²) < 4.78 is 5.51. The molecule has 78 valence electrons. The Labute approximate surface area is 87.1 Å². The second kappa shape index (κ2) is 5.82. The Morgan fingerprint density at radius 1 is 1.14 bits per heavy atom. The predicted octanol–water partition coefficient (Wildman–Crippen LogP) is 3.46. The molecule has 0 fully saturated rings. The van der Waals surface area contributed by atoms with Crippen LogP contribution in [-0.2, 0) is 4.74 Å². The second-order valence-corrected chi connectivity index (χ2v) is 3.92. The van der Waals surface area contributed by atoms with Crippen LogP contribution in [0.15, 0.2) is 30.3 Å². The zero-order valence-corrected chi connectivity index (χ0v) is 9.36. The maximum atomic E-state index is 5.51. The summed E-state index contributed by atoms with van der Waals surface area (Å²) in [7, 11) is 0. The van der Waals surface area contributed by atoms with Crippen LogP contribution in [0.4, 0.5) is 0 Å². The van der Waals surface area contributed by atoms with Crippen LogP contribution in [0.25, 0.3) is 0 Å². The van der Waals surface area contributed by atoms with E-state index in [1.54, 1.807) is 0 Å². The van der Waals surface area contributed by atoms with Gasteiger partial charge < -0.3 is 4.74 Å². The van der Waals surface area contributed by atoms with Gasteiger partial charge in [-0.2, -0.15) is 0 Å². The highest BCUT2D eigenvalue weighted by atomic mass is 16.5. The van der Waals surface area contributed by atoms with E-state index in [0.29, 0.717) is 11.8 Å². The maximum absolute atomic E-state index is 5.51. The first-order chi connectivity index (χ1) is 6.75. The Morgan fingerprint density at radius 3 is 2.29 bits per heavy atom. The van der Waals surface area contributed by atoms with Crippen LogP contribution in [0.2, 0.25) is 0 Å². The summed E-state index contributed by atoms with van der Waals surface area (Å²) in [6.45, 7) is 8.17. The van der Waals surface area contributed by atoms with Crippen molar-refractivity contribution in [3.63, 3.8) is 0 Å². The molecule has 0 spiro atoms. The minimum atomic E-state index is 0.524. The molecule has 0 saturated heterocycles. The molecule has 0 aliphatic rings. The molecule has 1 aromatic rings. The van der Waals surface area contributed by atoms with Crippen LogP contribution in [0.1, 0.15) is 32.3 Å². The lowest BCUT2D eigenvalue weighted by molar-refractivity contribution is 0.120. The number of rotatable bonds is 5. The Hall–Kier alpha value is -0.820. The molecule has 0 N–H and O–H groups in total. The average molecular weight is 192 g/mol. The summed E-state index contributed by atoms with van der Waals surface area (Å²) in [4.78, 5) is 0. The average Bonchev–Trinajstić information content (AvgIpc) is 2.19. The normalized spacial score (nSPS) is 13.1. The van der Waals surface area contributed by atoms with Gasteiger partial charge in [-0.1, -0.05) is 44.2 Å². The van der Waals surface area contributed by atoms with Crippen molar-refractivity contribution in [2.45, 2.75) is 26.7 Å². The zero-order valence-electron chi connectivity index (χ0n) is 9.36. The lowest BCUT2D eigenvalue weighted by Crippen LogP contribution is -2.13. The fourth-order valence-electron chi connectivity index (χ4n) is 1.62. The fourth-order valence-corrected chi connectivity index (χ4v) is 1.62. The van der Waals surface area contributed by atoms with Gasteiger partial charge in [0.1, 0.15) is 0 Å². The Bertz CT molecular complexity index is 241. The lowest BCUT2D eigenvalue weighted by atomic mass is 9.89. The first kappa shape index (κ1) is 11.3. The third kappa shape index (κ3) is 3.15. The van der Waals surface area contributed by atoms with E-state index >= 15 is 0 Å². The largest absolute Gasteiger partial charge is 0.381 e. The van der Waals surface area contributed by atoms with Gasteiger partial charge in [0.05, 0.1) is 6.61 Å². The Balaban J connectivity index is 2.68. The molecule has 1 aromatic carbocycles. The molecule has 1 atom stereocenters. The highest BCUT2D eigenvalue weighted by Crippen LogP contribution is 2.24. The third-order valence-corrected chi connectivity index (χ3v) is 2.53. The highest BCUT2D eigenvalue weighted by Gasteiger charge is 2.14. The van der Waals surface area contributed by atoms with Crippen molar-refractivity contribution in [2.75, 3.05) is 13.2 Å². The van der Waals surface area contributed by atoms with Crippen molar-refractivity contribution < 1.29 is 4.74 Å². The van der Waals surface area contributed by atoms with Crippen molar-refractivity contribution in [2.24, 2.45) is 5.92 Å². The summed E-state index contributed by atoms with van der Waals surface area (Å²) in [5.74, 6) is 1.15. The third-order valence-electron chi connectivity index (χ3n) is 2.53. The van der Waals surface area contributed by atoms with Gasteiger partial charge in [-0.3, -0.25) is 0 Å². The van der Waals surface area contributed by atoms with Gasteiger partial charge in [0, 0.05) is 12.5 Å². The number of benzene rings is 1. The van der Waals surface area contributed by atoms with Crippen LogP contribution in [0, 0.1) is 5.92 Å². The van der Waals surface area contributed by atoms with E-state index in [2.05, 4.69) is 44.2 Å². The van der Waals surface area contributed by atoms with E-state index in [1.165, 1.54) is 5.56 Å². The van der Waals surface area contributed by atoms with Gasteiger partial charge in [-0.05, 0) is 18.4 Å². The lowest BCUT2D eigenvalue weighted by Gasteiger charge is -2.20. The van der Waals surface area contributed by atoms with Crippen molar-refractivity contribution >= 4 is 0 Å². The fraction of sp³-hybridized carbons (Fsp3) is 0.538. The van der Waals surface area contributed by atoms with E-state index < -0.39 is 0 Å². The van der Waals surface area contributed by atoms with Gasteiger partial charge in [0.25, 0.3) is 0 Å². The SMILES string of the molecule is CCOC[C@H](c1ccccc1)C(C)C. The number of ether oxygens (including phenoxy) is 1. The second-order valence-electron chi connectivity index (χ2n) is 3.92. The quantitative estimate of drug-likeness (QED) is 0.694. The molecule has 0 bridgehead atoms. The van der Waals surface area contributed by atoms with Crippen molar-refractivity contribution in [3.05, 3.63) is 35.9 Å².